The van der Waals surface area contributed by atoms with Crippen LogP contribution in [0, 0.1) is 23.2 Å². The first-order valence-corrected chi connectivity index (χ1v) is 6.92. The lowest BCUT2D eigenvalue weighted by molar-refractivity contribution is 0.116. The minimum absolute atomic E-state index is 0.207. The summed E-state index contributed by atoms with van der Waals surface area (Å²) in [7, 11) is 1.66. The number of para-hydroxylation sites is 1. The first-order valence-electron chi connectivity index (χ1n) is 6.92. The van der Waals surface area contributed by atoms with Gasteiger partial charge in [-0.1, -0.05) is 32.0 Å². The Balaban J connectivity index is 2.27. The van der Waals surface area contributed by atoms with Crippen LogP contribution in [0.5, 0.6) is 5.75 Å². The van der Waals surface area contributed by atoms with Gasteiger partial charge in [0.05, 0.1) is 13.2 Å². The van der Waals surface area contributed by atoms with Crippen molar-refractivity contribution in [3.05, 3.63) is 29.8 Å². The van der Waals surface area contributed by atoms with Gasteiger partial charge in [0.2, 0.25) is 0 Å². The molecule has 3 heteroatoms. The van der Waals surface area contributed by atoms with Gasteiger partial charge in [-0.3, -0.25) is 4.90 Å². The van der Waals surface area contributed by atoms with E-state index >= 15 is 0 Å². The molecule has 1 saturated heterocycles. The number of nitriles is 1. The average molecular weight is 258 g/mol. The Bertz CT molecular complexity index is 456. The zero-order chi connectivity index (χ0) is 13.8. The minimum atomic E-state index is -0.207. The van der Waals surface area contributed by atoms with Crippen molar-refractivity contribution in [2.24, 2.45) is 11.8 Å². The molecule has 1 aliphatic rings. The standard InChI is InChI=1S/C16H22N2O/c1-12-8-13(2)11-18(10-12)15(9-17)14-6-4-5-7-16(14)19-3/h4-7,12-13,15H,8,10-11H2,1-3H3. The number of ether oxygens (including phenoxy) is 1. The molecular formula is C16H22N2O. The molecule has 2 rings (SSSR count). The first-order chi connectivity index (χ1) is 9.15. The van der Waals surface area contributed by atoms with Crippen molar-refractivity contribution in [2.75, 3.05) is 20.2 Å². The predicted molar refractivity (Wildman–Crippen MR) is 75.9 cm³/mol. The fourth-order valence-electron chi connectivity index (χ4n) is 3.16. The van der Waals surface area contributed by atoms with E-state index in [1.807, 2.05) is 24.3 Å². The summed E-state index contributed by atoms with van der Waals surface area (Å²) < 4.78 is 5.39. The second-order valence-corrected chi connectivity index (χ2v) is 5.67. The highest BCUT2D eigenvalue weighted by Gasteiger charge is 2.29. The van der Waals surface area contributed by atoms with Crippen LogP contribution in [0.4, 0.5) is 0 Å². The zero-order valence-corrected chi connectivity index (χ0v) is 12.0. The first kappa shape index (κ1) is 13.9. The van der Waals surface area contributed by atoms with E-state index in [0.717, 1.165) is 24.4 Å². The molecule has 3 atom stereocenters. The number of hydrogen-bond donors (Lipinski definition) is 0. The van der Waals surface area contributed by atoms with Gasteiger partial charge in [0, 0.05) is 18.7 Å². The van der Waals surface area contributed by atoms with Crippen molar-refractivity contribution in [1.82, 2.24) is 4.90 Å². The summed E-state index contributed by atoms with van der Waals surface area (Å²) in [5, 5.41) is 9.58. The summed E-state index contributed by atoms with van der Waals surface area (Å²) in [6.45, 7) is 6.50. The number of piperidine rings is 1. The minimum Gasteiger partial charge on any atom is -0.496 e. The van der Waals surface area contributed by atoms with Crippen LogP contribution >= 0.6 is 0 Å². The number of benzene rings is 1. The maximum atomic E-state index is 9.58. The van der Waals surface area contributed by atoms with Crippen LogP contribution in [0.1, 0.15) is 31.9 Å². The molecule has 1 aromatic carbocycles. The van der Waals surface area contributed by atoms with E-state index in [2.05, 4.69) is 24.8 Å². The maximum Gasteiger partial charge on any atom is 0.127 e. The number of hydrogen-bond acceptors (Lipinski definition) is 3. The molecule has 0 aliphatic carbocycles. The van der Waals surface area contributed by atoms with Gasteiger partial charge in [-0.05, 0) is 24.3 Å². The van der Waals surface area contributed by atoms with Gasteiger partial charge in [0.15, 0.2) is 0 Å². The molecular weight excluding hydrogens is 236 g/mol. The third kappa shape index (κ3) is 3.08. The Morgan fingerprint density at radius 3 is 2.47 bits per heavy atom. The van der Waals surface area contributed by atoms with Gasteiger partial charge in [0.25, 0.3) is 0 Å². The highest BCUT2D eigenvalue weighted by Crippen LogP contribution is 2.33. The molecule has 0 amide bonds. The van der Waals surface area contributed by atoms with Gasteiger partial charge < -0.3 is 4.74 Å². The molecule has 102 valence electrons. The van der Waals surface area contributed by atoms with Crippen molar-refractivity contribution >= 4 is 0 Å². The molecule has 1 aliphatic heterocycles. The van der Waals surface area contributed by atoms with E-state index in [0.29, 0.717) is 11.8 Å². The van der Waals surface area contributed by atoms with Gasteiger partial charge in [-0.15, -0.1) is 0 Å². The van der Waals surface area contributed by atoms with E-state index in [9.17, 15) is 5.26 Å². The highest BCUT2D eigenvalue weighted by atomic mass is 16.5. The SMILES string of the molecule is COc1ccccc1C(C#N)N1CC(C)CC(C)C1. The molecule has 0 radical (unpaired) electrons. The van der Waals surface area contributed by atoms with E-state index in [1.54, 1.807) is 7.11 Å². The number of likely N-dealkylation sites (tertiary alicyclic amines) is 1. The van der Waals surface area contributed by atoms with Crippen LogP contribution in [0.2, 0.25) is 0 Å². The topological polar surface area (TPSA) is 36.3 Å². The van der Waals surface area contributed by atoms with Crippen molar-refractivity contribution < 1.29 is 4.74 Å². The lowest BCUT2D eigenvalue weighted by atomic mass is 9.90. The monoisotopic (exact) mass is 258 g/mol. The molecule has 0 N–H and O–H groups in total. The summed E-state index contributed by atoms with van der Waals surface area (Å²) in [6.07, 6.45) is 1.25. The molecule has 0 bridgehead atoms. The van der Waals surface area contributed by atoms with Gasteiger partial charge in [0.1, 0.15) is 11.8 Å². The molecule has 19 heavy (non-hydrogen) atoms. The van der Waals surface area contributed by atoms with Crippen molar-refractivity contribution in [3.63, 3.8) is 0 Å². The van der Waals surface area contributed by atoms with Gasteiger partial charge in [-0.25, -0.2) is 0 Å². The fraction of sp³-hybridized carbons (Fsp3) is 0.562. The summed E-state index contributed by atoms with van der Waals surface area (Å²) >= 11 is 0. The van der Waals surface area contributed by atoms with Crippen molar-refractivity contribution in [3.8, 4) is 11.8 Å². The second-order valence-electron chi connectivity index (χ2n) is 5.67. The smallest absolute Gasteiger partial charge is 0.127 e. The van der Waals surface area contributed by atoms with E-state index in [4.69, 9.17) is 4.74 Å². The van der Waals surface area contributed by atoms with Gasteiger partial charge >= 0.3 is 0 Å². The molecule has 0 saturated carbocycles. The molecule has 3 unspecified atom stereocenters. The summed E-state index contributed by atoms with van der Waals surface area (Å²) in [5.41, 5.74) is 0.980. The maximum absolute atomic E-state index is 9.58. The summed E-state index contributed by atoms with van der Waals surface area (Å²) in [6, 6.07) is 10.1. The Morgan fingerprint density at radius 1 is 1.26 bits per heavy atom. The van der Waals surface area contributed by atoms with Crippen LogP contribution in [0.25, 0.3) is 0 Å². The number of methoxy groups -OCH3 is 1. The number of nitrogens with zero attached hydrogens (tertiary/aromatic N) is 2. The van der Waals surface area contributed by atoms with Crippen LogP contribution in [-0.2, 0) is 0 Å². The predicted octanol–water partition coefficient (Wildman–Crippen LogP) is 3.24. The molecule has 0 aromatic heterocycles. The summed E-state index contributed by atoms with van der Waals surface area (Å²) in [5.74, 6) is 2.10. The third-order valence-electron chi connectivity index (χ3n) is 3.82. The van der Waals surface area contributed by atoms with Gasteiger partial charge in [-0.2, -0.15) is 5.26 Å². The quantitative estimate of drug-likeness (QED) is 0.835. The highest BCUT2D eigenvalue weighted by molar-refractivity contribution is 5.38. The Hall–Kier alpha value is -1.53. The lowest BCUT2D eigenvalue weighted by Crippen LogP contribution is -2.40. The van der Waals surface area contributed by atoms with Crippen molar-refractivity contribution in [1.29, 1.82) is 5.26 Å². The normalized spacial score (nSPS) is 25.6. The fourth-order valence-corrected chi connectivity index (χ4v) is 3.16. The molecule has 3 nitrogen and oxygen atoms in total. The number of rotatable bonds is 3. The third-order valence-corrected chi connectivity index (χ3v) is 3.82. The van der Waals surface area contributed by atoms with E-state index in [1.165, 1.54) is 6.42 Å². The molecule has 1 fully saturated rings. The Kier molecular flexibility index (Phi) is 4.44. The van der Waals surface area contributed by atoms with Crippen LogP contribution in [-0.4, -0.2) is 25.1 Å². The lowest BCUT2D eigenvalue weighted by Gasteiger charge is -2.37. The molecule has 0 spiro atoms. The van der Waals surface area contributed by atoms with Crippen LogP contribution < -0.4 is 4.74 Å². The molecule has 1 aromatic rings. The second kappa shape index (κ2) is 6.08. The van der Waals surface area contributed by atoms with Crippen LogP contribution in [0.15, 0.2) is 24.3 Å². The van der Waals surface area contributed by atoms with Crippen molar-refractivity contribution in [2.45, 2.75) is 26.3 Å². The Morgan fingerprint density at radius 2 is 1.89 bits per heavy atom. The Labute approximate surface area is 115 Å². The molecule has 1 heterocycles. The largest absolute Gasteiger partial charge is 0.496 e. The van der Waals surface area contributed by atoms with Crippen LogP contribution in [0.3, 0.4) is 0 Å². The zero-order valence-electron chi connectivity index (χ0n) is 12.0. The van der Waals surface area contributed by atoms with E-state index in [-0.39, 0.29) is 6.04 Å². The van der Waals surface area contributed by atoms with E-state index < -0.39 is 0 Å². The summed E-state index contributed by atoms with van der Waals surface area (Å²) in [4.78, 5) is 2.29. The average Bonchev–Trinajstić information content (AvgIpc) is 2.39.